The van der Waals surface area contributed by atoms with E-state index in [1.54, 1.807) is 31.2 Å². The number of phenols is 1. The van der Waals surface area contributed by atoms with E-state index in [1.165, 1.54) is 24.3 Å². The van der Waals surface area contributed by atoms with Crippen LogP contribution in [0.1, 0.15) is 22.8 Å². The number of nitrogens with one attached hydrogen (secondary N) is 2. The Morgan fingerprint density at radius 1 is 1.12 bits per heavy atom. The second-order valence-electron chi connectivity index (χ2n) is 4.94. The molecule has 124 valence electrons. The first-order chi connectivity index (χ1) is 11.5. The van der Waals surface area contributed by atoms with Crippen LogP contribution < -0.4 is 10.7 Å². The van der Waals surface area contributed by atoms with Crippen LogP contribution in [0, 0.1) is 5.82 Å². The summed E-state index contributed by atoms with van der Waals surface area (Å²) in [6.45, 7) is 1.36. The van der Waals surface area contributed by atoms with Gasteiger partial charge in [-0.3, -0.25) is 9.59 Å². The molecule has 0 aromatic heterocycles. The molecule has 0 saturated heterocycles. The molecule has 0 saturated carbocycles. The van der Waals surface area contributed by atoms with Crippen molar-refractivity contribution in [3.05, 3.63) is 65.5 Å². The molecule has 2 aromatic rings. The number of benzene rings is 2. The molecule has 2 aromatic carbocycles. The zero-order chi connectivity index (χ0) is 17.5. The fourth-order valence-corrected chi connectivity index (χ4v) is 1.86. The van der Waals surface area contributed by atoms with Crippen LogP contribution in [0.2, 0.25) is 0 Å². The van der Waals surface area contributed by atoms with Gasteiger partial charge in [0.1, 0.15) is 11.6 Å². The minimum Gasteiger partial charge on any atom is -0.507 e. The molecular weight excluding hydrogens is 313 g/mol. The van der Waals surface area contributed by atoms with E-state index in [0.717, 1.165) is 0 Å². The zero-order valence-electron chi connectivity index (χ0n) is 12.9. The minimum absolute atomic E-state index is 0.0799. The van der Waals surface area contributed by atoms with Gasteiger partial charge in [0.25, 0.3) is 11.8 Å². The summed E-state index contributed by atoms with van der Waals surface area (Å²) in [6, 6.07) is 11.7. The number of hydrogen-bond donors (Lipinski definition) is 3. The second-order valence-corrected chi connectivity index (χ2v) is 4.94. The summed E-state index contributed by atoms with van der Waals surface area (Å²) < 4.78 is 12.8. The molecule has 0 spiro atoms. The third-order valence-corrected chi connectivity index (χ3v) is 3.17. The molecule has 0 heterocycles. The lowest BCUT2D eigenvalue weighted by molar-refractivity contribution is -0.120. The van der Waals surface area contributed by atoms with Gasteiger partial charge >= 0.3 is 0 Å². The fourth-order valence-electron chi connectivity index (χ4n) is 1.86. The first kappa shape index (κ1) is 17.1. The van der Waals surface area contributed by atoms with Crippen molar-refractivity contribution in [2.45, 2.75) is 6.92 Å². The van der Waals surface area contributed by atoms with Crippen molar-refractivity contribution in [3.63, 3.8) is 0 Å². The van der Waals surface area contributed by atoms with Gasteiger partial charge in [0, 0.05) is 0 Å². The molecule has 0 aliphatic rings. The number of nitrogens with zero attached hydrogens (tertiary/aromatic N) is 1. The quantitative estimate of drug-likeness (QED) is 0.577. The van der Waals surface area contributed by atoms with Gasteiger partial charge in [-0.2, -0.15) is 5.10 Å². The number of para-hydroxylation sites is 1. The Balaban J connectivity index is 1.87. The fraction of sp³-hybridized carbons (Fsp3) is 0.118. The van der Waals surface area contributed by atoms with Gasteiger partial charge in [-0.25, -0.2) is 9.82 Å². The summed E-state index contributed by atoms with van der Waals surface area (Å²) in [5.41, 5.74) is 3.53. The summed E-state index contributed by atoms with van der Waals surface area (Å²) in [7, 11) is 0. The first-order valence-electron chi connectivity index (χ1n) is 7.12. The van der Waals surface area contributed by atoms with Crippen LogP contribution in [-0.2, 0) is 4.79 Å². The molecule has 0 aliphatic carbocycles. The summed E-state index contributed by atoms with van der Waals surface area (Å²) in [6.07, 6.45) is 0. The van der Waals surface area contributed by atoms with E-state index in [9.17, 15) is 19.1 Å². The molecule has 0 unspecified atom stereocenters. The van der Waals surface area contributed by atoms with Crippen LogP contribution in [0.4, 0.5) is 4.39 Å². The van der Waals surface area contributed by atoms with E-state index in [1.807, 2.05) is 0 Å². The Kier molecular flexibility index (Phi) is 5.62. The number of halogens is 1. The molecule has 2 rings (SSSR count). The predicted molar refractivity (Wildman–Crippen MR) is 87.2 cm³/mol. The van der Waals surface area contributed by atoms with Crippen molar-refractivity contribution in [1.29, 1.82) is 0 Å². The Morgan fingerprint density at radius 3 is 2.46 bits per heavy atom. The maximum atomic E-state index is 12.8. The smallest absolute Gasteiger partial charge is 0.259 e. The van der Waals surface area contributed by atoms with Gasteiger partial charge in [0.2, 0.25) is 0 Å². The van der Waals surface area contributed by atoms with Crippen LogP contribution in [0.3, 0.4) is 0 Å². The lowest BCUT2D eigenvalue weighted by atomic mass is 10.1. The van der Waals surface area contributed by atoms with E-state index in [4.69, 9.17) is 0 Å². The van der Waals surface area contributed by atoms with E-state index in [-0.39, 0.29) is 23.7 Å². The van der Waals surface area contributed by atoms with Crippen LogP contribution in [0.15, 0.2) is 53.6 Å². The van der Waals surface area contributed by atoms with E-state index in [0.29, 0.717) is 11.3 Å². The minimum atomic E-state index is -0.567. The highest BCUT2D eigenvalue weighted by atomic mass is 19.1. The predicted octanol–water partition coefficient (Wildman–Crippen LogP) is 1.80. The van der Waals surface area contributed by atoms with Crippen LogP contribution in [-0.4, -0.2) is 29.2 Å². The third kappa shape index (κ3) is 4.64. The molecule has 24 heavy (non-hydrogen) atoms. The summed E-state index contributed by atoms with van der Waals surface area (Å²) >= 11 is 0. The molecule has 6 nitrogen and oxygen atoms in total. The van der Waals surface area contributed by atoms with Crippen molar-refractivity contribution in [3.8, 4) is 5.75 Å². The van der Waals surface area contributed by atoms with Gasteiger partial charge in [0.05, 0.1) is 17.8 Å². The molecule has 3 N–H and O–H groups in total. The van der Waals surface area contributed by atoms with Gasteiger partial charge in [-0.1, -0.05) is 24.3 Å². The van der Waals surface area contributed by atoms with E-state index < -0.39 is 11.8 Å². The van der Waals surface area contributed by atoms with Crippen LogP contribution >= 0.6 is 0 Å². The Labute approximate surface area is 138 Å². The Hall–Kier alpha value is -3.22. The van der Waals surface area contributed by atoms with Crippen molar-refractivity contribution < 1.29 is 19.1 Å². The van der Waals surface area contributed by atoms with Crippen molar-refractivity contribution in [2.75, 3.05) is 6.54 Å². The van der Waals surface area contributed by atoms with Gasteiger partial charge in [-0.15, -0.1) is 0 Å². The standard InChI is InChI=1S/C17H16FN3O3/c1-11(12-6-8-13(18)9-7-12)20-21-16(23)10-19-17(24)14-4-2-3-5-15(14)22/h2-9,22H,10H2,1H3,(H,19,24)(H,21,23). The molecule has 0 radical (unpaired) electrons. The van der Waals surface area contributed by atoms with Gasteiger partial charge < -0.3 is 10.4 Å². The molecule has 0 bridgehead atoms. The topological polar surface area (TPSA) is 90.8 Å². The lowest BCUT2D eigenvalue weighted by Crippen LogP contribution is -2.35. The second kappa shape index (κ2) is 7.87. The third-order valence-electron chi connectivity index (χ3n) is 3.17. The molecule has 0 fully saturated rings. The average molecular weight is 329 g/mol. The Bertz CT molecular complexity index is 773. The monoisotopic (exact) mass is 329 g/mol. The number of aromatic hydroxyl groups is 1. The number of phenolic OH excluding ortho intramolecular Hbond substituents is 1. The van der Waals surface area contributed by atoms with E-state index >= 15 is 0 Å². The highest BCUT2D eigenvalue weighted by Crippen LogP contribution is 2.14. The van der Waals surface area contributed by atoms with Gasteiger partial charge in [0.15, 0.2) is 0 Å². The number of carbonyl (C=O) groups excluding carboxylic acids is 2. The Morgan fingerprint density at radius 2 is 1.79 bits per heavy atom. The van der Waals surface area contributed by atoms with Gasteiger partial charge in [-0.05, 0) is 36.8 Å². The molecular formula is C17H16FN3O3. The zero-order valence-corrected chi connectivity index (χ0v) is 12.9. The van der Waals surface area contributed by atoms with Crippen LogP contribution in [0.5, 0.6) is 5.75 Å². The largest absolute Gasteiger partial charge is 0.507 e. The van der Waals surface area contributed by atoms with E-state index in [2.05, 4.69) is 15.8 Å². The number of hydrazone groups is 1. The number of rotatable bonds is 5. The number of carbonyl (C=O) groups is 2. The highest BCUT2D eigenvalue weighted by Gasteiger charge is 2.11. The number of amides is 2. The summed E-state index contributed by atoms with van der Waals surface area (Å²) in [5, 5.41) is 15.8. The van der Waals surface area contributed by atoms with Crippen molar-refractivity contribution in [1.82, 2.24) is 10.7 Å². The molecule has 2 amide bonds. The summed E-state index contributed by atoms with van der Waals surface area (Å²) in [5.74, 6) is -1.62. The molecule has 7 heteroatoms. The maximum Gasteiger partial charge on any atom is 0.259 e. The van der Waals surface area contributed by atoms with Crippen LogP contribution in [0.25, 0.3) is 0 Å². The van der Waals surface area contributed by atoms with Crippen molar-refractivity contribution in [2.24, 2.45) is 5.10 Å². The summed E-state index contributed by atoms with van der Waals surface area (Å²) in [4.78, 5) is 23.5. The lowest BCUT2D eigenvalue weighted by Gasteiger charge is -2.06. The maximum absolute atomic E-state index is 12.8. The SMILES string of the molecule is CC(=NNC(=O)CNC(=O)c1ccccc1O)c1ccc(F)cc1. The number of hydrogen-bond acceptors (Lipinski definition) is 4. The normalized spacial score (nSPS) is 11.0. The molecule has 0 aliphatic heterocycles. The highest BCUT2D eigenvalue weighted by molar-refractivity contribution is 6.00. The molecule has 0 atom stereocenters. The van der Waals surface area contributed by atoms with Crippen molar-refractivity contribution >= 4 is 17.5 Å². The average Bonchev–Trinajstić information content (AvgIpc) is 2.58. The first-order valence-corrected chi connectivity index (χ1v) is 7.12.